The molecule has 0 aliphatic heterocycles. The lowest BCUT2D eigenvalue weighted by Gasteiger charge is -2.02. The zero-order valence-electron chi connectivity index (χ0n) is 10.1. The molecule has 0 amide bonds. The highest BCUT2D eigenvalue weighted by molar-refractivity contribution is 5.82. The van der Waals surface area contributed by atoms with Crippen molar-refractivity contribution in [3.8, 4) is 5.82 Å². The first kappa shape index (κ1) is 10.6. The van der Waals surface area contributed by atoms with Crippen molar-refractivity contribution >= 4 is 16.7 Å². The Bertz CT molecular complexity index is 731. The third-order valence-electron chi connectivity index (χ3n) is 2.73. The van der Waals surface area contributed by atoms with Crippen LogP contribution < -0.4 is 5.73 Å². The highest BCUT2D eigenvalue weighted by Gasteiger charge is 2.11. The van der Waals surface area contributed by atoms with Crippen molar-refractivity contribution in [1.29, 1.82) is 0 Å². The van der Waals surface area contributed by atoms with E-state index < -0.39 is 0 Å². The van der Waals surface area contributed by atoms with E-state index in [4.69, 9.17) is 5.73 Å². The van der Waals surface area contributed by atoms with Gasteiger partial charge in [-0.2, -0.15) is 9.78 Å². The second kappa shape index (κ2) is 3.76. The molecular formula is C12H12N6. The molecule has 0 atom stereocenters. The molecule has 90 valence electrons. The Balaban J connectivity index is 2.30. The maximum absolute atomic E-state index is 5.74. The van der Waals surface area contributed by atoms with Gasteiger partial charge in [0.25, 0.3) is 0 Å². The van der Waals surface area contributed by atoms with Crippen LogP contribution in [0.3, 0.4) is 0 Å². The molecule has 0 spiro atoms. The number of nitrogen functional groups attached to an aromatic ring is 1. The zero-order chi connectivity index (χ0) is 12.7. The lowest BCUT2D eigenvalue weighted by Crippen LogP contribution is -2.02. The fraction of sp³-hybridized carbons (Fsp3) is 0.167. The second-order valence-corrected chi connectivity index (χ2v) is 4.15. The molecule has 0 aliphatic rings. The molecule has 3 aromatic heterocycles. The smallest absolute Gasteiger partial charge is 0.165 e. The lowest BCUT2D eigenvalue weighted by atomic mass is 10.2. The largest absolute Gasteiger partial charge is 0.397 e. The van der Waals surface area contributed by atoms with Gasteiger partial charge in [0, 0.05) is 17.1 Å². The number of nitrogens with two attached hydrogens (primary N) is 1. The van der Waals surface area contributed by atoms with Crippen LogP contribution in [0.25, 0.3) is 16.9 Å². The van der Waals surface area contributed by atoms with Gasteiger partial charge < -0.3 is 5.73 Å². The summed E-state index contributed by atoms with van der Waals surface area (Å²) >= 11 is 0. The molecular weight excluding hydrogens is 228 g/mol. The summed E-state index contributed by atoms with van der Waals surface area (Å²) in [6.45, 7) is 3.84. The predicted molar refractivity (Wildman–Crippen MR) is 68.3 cm³/mol. The number of aryl methyl sites for hydroxylation is 2. The topological polar surface area (TPSA) is 82.5 Å². The summed E-state index contributed by atoms with van der Waals surface area (Å²) in [5.74, 6) is 0.706. The van der Waals surface area contributed by atoms with Crippen molar-refractivity contribution in [3.05, 3.63) is 36.0 Å². The molecule has 3 heterocycles. The number of nitrogens with zero attached hydrogens (tertiary/aromatic N) is 5. The monoisotopic (exact) mass is 240 g/mol. The van der Waals surface area contributed by atoms with Crippen LogP contribution in [-0.2, 0) is 0 Å². The van der Waals surface area contributed by atoms with E-state index in [1.807, 2.05) is 26.0 Å². The van der Waals surface area contributed by atoms with Crippen LogP contribution in [0, 0.1) is 13.8 Å². The molecule has 6 nitrogen and oxygen atoms in total. The first-order chi connectivity index (χ1) is 8.65. The minimum atomic E-state index is 0.629. The third kappa shape index (κ3) is 1.58. The van der Waals surface area contributed by atoms with Crippen LogP contribution in [0.1, 0.15) is 11.4 Å². The van der Waals surface area contributed by atoms with Crippen LogP contribution in [0.5, 0.6) is 0 Å². The van der Waals surface area contributed by atoms with Crippen LogP contribution >= 0.6 is 0 Å². The molecule has 0 unspecified atom stereocenters. The molecule has 0 radical (unpaired) electrons. The fourth-order valence-corrected chi connectivity index (χ4v) is 1.88. The van der Waals surface area contributed by atoms with Gasteiger partial charge in [-0.15, -0.1) is 0 Å². The number of hydrogen-bond acceptors (Lipinski definition) is 5. The average Bonchev–Trinajstić information content (AvgIpc) is 2.67. The Morgan fingerprint density at radius 3 is 2.72 bits per heavy atom. The van der Waals surface area contributed by atoms with Crippen molar-refractivity contribution in [2.24, 2.45) is 0 Å². The molecule has 0 aliphatic carbocycles. The van der Waals surface area contributed by atoms with E-state index in [-0.39, 0.29) is 0 Å². The van der Waals surface area contributed by atoms with E-state index in [0.717, 1.165) is 22.4 Å². The van der Waals surface area contributed by atoms with Crippen LogP contribution in [0.2, 0.25) is 0 Å². The summed E-state index contributed by atoms with van der Waals surface area (Å²) in [7, 11) is 0. The Kier molecular flexibility index (Phi) is 2.22. The van der Waals surface area contributed by atoms with Gasteiger partial charge >= 0.3 is 0 Å². The maximum atomic E-state index is 5.74. The van der Waals surface area contributed by atoms with Crippen LogP contribution in [0.15, 0.2) is 24.7 Å². The molecule has 0 fully saturated rings. The number of anilines is 1. The maximum Gasteiger partial charge on any atom is 0.165 e. The molecule has 0 saturated carbocycles. The molecule has 0 saturated heterocycles. The van der Waals surface area contributed by atoms with E-state index in [1.54, 1.807) is 10.9 Å². The van der Waals surface area contributed by atoms with Gasteiger partial charge in [-0.1, -0.05) is 0 Å². The van der Waals surface area contributed by atoms with Crippen molar-refractivity contribution in [2.45, 2.75) is 13.8 Å². The third-order valence-corrected chi connectivity index (χ3v) is 2.73. The van der Waals surface area contributed by atoms with Gasteiger partial charge in [-0.3, -0.25) is 0 Å². The van der Waals surface area contributed by atoms with E-state index in [9.17, 15) is 0 Å². The quantitative estimate of drug-likeness (QED) is 0.695. The van der Waals surface area contributed by atoms with Crippen LogP contribution in [-0.4, -0.2) is 24.7 Å². The molecule has 3 rings (SSSR count). The first-order valence-corrected chi connectivity index (χ1v) is 5.55. The summed E-state index contributed by atoms with van der Waals surface area (Å²) in [5, 5.41) is 5.39. The highest BCUT2D eigenvalue weighted by atomic mass is 15.3. The van der Waals surface area contributed by atoms with Gasteiger partial charge in [0.2, 0.25) is 0 Å². The standard InChI is InChI=1S/C12H12N6/c1-7-3-11(16-6-15-7)18-12-10(8(2)17-18)4-9(13)5-14-12/h3-6H,13H2,1-2H3. The van der Waals surface area contributed by atoms with Gasteiger partial charge in [0.05, 0.1) is 17.6 Å². The van der Waals surface area contributed by atoms with Crippen LogP contribution in [0.4, 0.5) is 5.69 Å². The Morgan fingerprint density at radius 1 is 1.11 bits per heavy atom. The zero-order valence-corrected chi connectivity index (χ0v) is 10.1. The first-order valence-electron chi connectivity index (χ1n) is 5.55. The average molecular weight is 240 g/mol. The fourth-order valence-electron chi connectivity index (χ4n) is 1.88. The SMILES string of the molecule is Cc1cc(-n2nc(C)c3cc(N)cnc32)ncn1. The summed E-state index contributed by atoms with van der Waals surface area (Å²) in [6.07, 6.45) is 3.14. The molecule has 6 heteroatoms. The lowest BCUT2D eigenvalue weighted by molar-refractivity contribution is 0.836. The number of hydrogen-bond donors (Lipinski definition) is 1. The van der Waals surface area contributed by atoms with E-state index in [0.29, 0.717) is 11.5 Å². The van der Waals surface area contributed by atoms with Crippen molar-refractivity contribution < 1.29 is 0 Å². The van der Waals surface area contributed by atoms with Gasteiger partial charge in [-0.25, -0.2) is 15.0 Å². The van der Waals surface area contributed by atoms with E-state index in [2.05, 4.69) is 20.1 Å². The van der Waals surface area contributed by atoms with E-state index in [1.165, 1.54) is 6.33 Å². The molecule has 2 N–H and O–H groups in total. The highest BCUT2D eigenvalue weighted by Crippen LogP contribution is 2.20. The molecule has 0 aromatic carbocycles. The Morgan fingerprint density at radius 2 is 1.94 bits per heavy atom. The Labute approximate surface area is 104 Å². The van der Waals surface area contributed by atoms with Crippen molar-refractivity contribution in [3.63, 3.8) is 0 Å². The number of rotatable bonds is 1. The summed E-state index contributed by atoms with van der Waals surface area (Å²) < 4.78 is 1.71. The molecule has 18 heavy (non-hydrogen) atoms. The molecule has 0 bridgehead atoms. The van der Waals surface area contributed by atoms with Gasteiger partial charge in [-0.05, 0) is 19.9 Å². The van der Waals surface area contributed by atoms with Crippen molar-refractivity contribution in [2.75, 3.05) is 5.73 Å². The summed E-state index contributed by atoms with van der Waals surface area (Å²) in [6, 6.07) is 3.74. The summed E-state index contributed by atoms with van der Waals surface area (Å²) in [4.78, 5) is 12.6. The number of pyridine rings is 1. The van der Waals surface area contributed by atoms with Crippen molar-refractivity contribution in [1.82, 2.24) is 24.7 Å². The normalized spacial score (nSPS) is 11.0. The predicted octanol–water partition coefficient (Wildman–Crippen LogP) is 1.41. The second-order valence-electron chi connectivity index (χ2n) is 4.15. The molecule has 3 aromatic rings. The number of fused-ring (bicyclic) bond motifs is 1. The van der Waals surface area contributed by atoms with E-state index >= 15 is 0 Å². The Hall–Kier alpha value is -2.50. The number of aromatic nitrogens is 5. The van der Waals surface area contributed by atoms with Gasteiger partial charge in [0.1, 0.15) is 6.33 Å². The minimum Gasteiger partial charge on any atom is -0.397 e. The summed E-state index contributed by atoms with van der Waals surface area (Å²) in [5.41, 5.74) is 8.88. The van der Waals surface area contributed by atoms with Gasteiger partial charge in [0.15, 0.2) is 11.5 Å². The minimum absolute atomic E-state index is 0.629.